The first kappa shape index (κ1) is 46.8. The highest BCUT2D eigenvalue weighted by atomic mass is 32.2. The van der Waals surface area contributed by atoms with Gasteiger partial charge < -0.3 is 35.2 Å². The SMILES string of the molecule is COc1cc(N=Nc2c(SOOO)cc3cc(N=Nc4c(C)c(C#N)c5nc6ccccc6n5c4O)ccc3c2O)c(N(CCC(=O)O)CCC(=O)O)cc1N=Nc1nc2ccc(C(=O)O)cc2s1. The van der Waals surface area contributed by atoms with Gasteiger partial charge in [-0.15, -0.1) is 29.9 Å². The number of pyridine rings is 1. The van der Waals surface area contributed by atoms with Crippen LogP contribution in [-0.4, -0.2) is 83.3 Å². The van der Waals surface area contributed by atoms with E-state index in [9.17, 15) is 45.2 Å². The lowest BCUT2D eigenvalue weighted by molar-refractivity contribution is -0.432. The van der Waals surface area contributed by atoms with Crippen molar-refractivity contribution >= 4 is 118 Å². The number of azo groups is 3. The number of carboxylic acids is 3. The van der Waals surface area contributed by atoms with Gasteiger partial charge in [0.25, 0.3) is 0 Å². The molecule has 0 bridgehead atoms. The molecule has 0 aliphatic rings. The molecule has 0 aliphatic carbocycles. The summed E-state index contributed by atoms with van der Waals surface area (Å²) >= 11 is 1.53. The van der Waals surface area contributed by atoms with Gasteiger partial charge in [-0.05, 0) is 73.0 Å². The van der Waals surface area contributed by atoms with Crippen molar-refractivity contribution in [2.75, 3.05) is 25.1 Å². The van der Waals surface area contributed by atoms with E-state index in [0.717, 1.165) is 11.3 Å². The number of ether oxygens (including phenoxy) is 1. The molecule has 0 saturated carbocycles. The van der Waals surface area contributed by atoms with Gasteiger partial charge in [0.15, 0.2) is 17.1 Å². The number of aliphatic carboxylic acids is 2. The fourth-order valence-electron chi connectivity index (χ4n) is 7.17. The molecule has 0 fully saturated rings. The number of carboxylic acid groups (broad SMARTS) is 3. The molecule has 0 amide bonds. The number of para-hydroxylation sites is 2. The van der Waals surface area contributed by atoms with E-state index < -0.39 is 36.5 Å². The molecule has 6 N–H and O–H groups in total. The molecule has 0 aliphatic heterocycles. The summed E-state index contributed by atoms with van der Waals surface area (Å²) in [5, 5.41) is 101. The molecular formula is C44H33N11O12S2. The van der Waals surface area contributed by atoms with E-state index in [0.29, 0.717) is 44.2 Å². The number of anilines is 1. The predicted octanol–water partition coefficient (Wildman–Crippen LogP) is 11.0. The van der Waals surface area contributed by atoms with Crippen molar-refractivity contribution in [3.63, 3.8) is 0 Å². The van der Waals surface area contributed by atoms with Gasteiger partial charge in [-0.1, -0.05) is 28.5 Å². The highest BCUT2D eigenvalue weighted by Gasteiger charge is 2.23. The van der Waals surface area contributed by atoms with Gasteiger partial charge in [0.05, 0.1) is 75.1 Å². The number of fused-ring (bicyclic) bond motifs is 5. The van der Waals surface area contributed by atoms with Crippen molar-refractivity contribution in [2.24, 2.45) is 30.7 Å². The average Bonchev–Trinajstić information content (AvgIpc) is 3.93. The molecule has 3 heterocycles. The van der Waals surface area contributed by atoms with Crippen LogP contribution >= 0.6 is 23.4 Å². The number of methoxy groups -OCH3 is 1. The Morgan fingerprint density at radius 1 is 0.841 bits per heavy atom. The van der Waals surface area contributed by atoms with Crippen molar-refractivity contribution in [2.45, 2.75) is 24.7 Å². The lowest BCUT2D eigenvalue weighted by atomic mass is 10.1. The fourth-order valence-corrected chi connectivity index (χ4v) is 8.49. The normalized spacial score (nSPS) is 11.8. The maximum Gasteiger partial charge on any atom is 0.335 e. The number of phenolic OH excluding ortho intramolecular Hbond substituents is 1. The molecule has 0 spiro atoms. The second-order valence-electron chi connectivity index (χ2n) is 14.6. The number of aromatic nitrogens is 3. The lowest BCUT2D eigenvalue weighted by Gasteiger charge is -2.25. The van der Waals surface area contributed by atoms with Gasteiger partial charge in [-0.2, -0.15) is 10.4 Å². The third kappa shape index (κ3) is 9.76. The zero-order valence-electron chi connectivity index (χ0n) is 35.7. The van der Waals surface area contributed by atoms with Crippen LogP contribution in [0.4, 0.5) is 39.3 Å². The molecule has 0 unspecified atom stereocenters. The minimum Gasteiger partial charge on any atom is -0.505 e. The predicted molar refractivity (Wildman–Crippen MR) is 249 cm³/mol. The van der Waals surface area contributed by atoms with Gasteiger partial charge >= 0.3 is 17.9 Å². The van der Waals surface area contributed by atoms with E-state index in [1.807, 2.05) is 0 Å². The summed E-state index contributed by atoms with van der Waals surface area (Å²) in [7, 11) is 1.34. The first-order chi connectivity index (χ1) is 33.3. The Labute approximate surface area is 395 Å². The van der Waals surface area contributed by atoms with Crippen LogP contribution in [0.3, 0.4) is 0 Å². The minimum absolute atomic E-state index is 0.00766. The molecule has 0 saturated heterocycles. The summed E-state index contributed by atoms with van der Waals surface area (Å²) in [5.74, 6) is -4.08. The van der Waals surface area contributed by atoms with E-state index in [1.165, 1.54) is 64.9 Å². The summed E-state index contributed by atoms with van der Waals surface area (Å²) in [6, 6.07) is 22.5. The van der Waals surface area contributed by atoms with Gasteiger partial charge in [0, 0.05) is 30.1 Å². The number of rotatable bonds is 18. The highest BCUT2D eigenvalue weighted by molar-refractivity contribution is 7.94. The zero-order chi connectivity index (χ0) is 48.9. The van der Waals surface area contributed by atoms with Crippen molar-refractivity contribution in [3.8, 4) is 23.4 Å². The molecule has 8 rings (SSSR count). The van der Waals surface area contributed by atoms with E-state index in [4.69, 9.17) is 14.3 Å². The number of aromatic carboxylic acids is 1. The Hall–Kier alpha value is -8.67. The lowest BCUT2D eigenvalue weighted by Crippen LogP contribution is -2.28. The molecule has 3 aromatic heterocycles. The maximum absolute atomic E-state index is 11.8. The van der Waals surface area contributed by atoms with E-state index in [-0.39, 0.29) is 91.0 Å². The number of imidazole rings is 1. The molecule has 25 heteroatoms. The molecule has 0 radical (unpaired) electrons. The van der Waals surface area contributed by atoms with E-state index in [1.54, 1.807) is 37.3 Å². The van der Waals surface area contributed by atoms with Crippen molar-refractivity contribution in [3.05, 3.63) is 95.6 Å². The van der Waals surface area contributed by atoms with Crippen LogP contribution in [0.5, 0.6) is 17.4 Å². The smallest absolute Gasteiger partial charge is 0.335 e. The largest absolute Gasteiger partial charge is 0.505 e. The van der Waals surface area contributed by atoms with E-state index >= 15 is 0 Å². The van der Waals surface area contributed by atoms with Crippen LogP contribution in [0.25, 0.3) is 37.7 Å². The monoisotopic (exact) mass is 971 g/mol. The Balaban J connectivity index is 1.19. The molecular weight excluding hydrogens is 939 g/mol. The van der Waals surface area contributed by atoms with Crippen LogP contribution in [0, 0.1) is 18.3 Å². The van der Waals surface area contributed by atoms with Crippen LogP contribution in [0.2, 0.25) is 0 Å². The van der Waals surface area contributed by atoms with Gasteiger partial charge in [-0.25, -0.2) is 20.0 Å². The molecule has 5 aromatic carbocycles. The Bertz CT molecular complexity index is 3500. The maximum atomic E-state index is 11.8. The van der Waals surface area contributed by atoms with Gasteiger partial charge in [-0.3, -0.25) is 14.0 Å². The molecule has 348 valence electrons. The quantitative estimate of drug-likeness (QED) is 0.0201. The molecule has 69 heavy (non-hydrogen) atoms. The number of aromatic hydroxyl groups is 2. The first-order valence-electron chi connectivity index (χ1n) is 20.1. The highest BCUT2D eigenvalue weighted by Crippen LogP contribution is 2.47. The van der Waals surface area contributed by atoms with Crippen LogP contribution < -0.4 is 9.64 Å². The number of nitrogens with zero attached hydrogens (tertiary/aromatic N) is 11. The number of thiazole rings is 1. The average molecular weight is 972 g/mol. The van der Waals surface area contributed by atoms with Gasteiger partial charge in [0.1, 0.15) is 34.4 Å². The van der Waals surface area contributed by atoms with Gasteiger partial charge in [0.2, 0.25) is 11.0 Å². The number of benzene rings is 5. The second-order valence-corrected chi connectivity index (χ2v) is 16.4. The Kier molecular flexibility index (Phi) is 13.6. The molecule has 0 atom stereocenters. The number of hydrogen-bond donors (Lipinski definition) is 6. The minimum atomic E-state index is -1.17. The summed E-state index contributed by atoms with van der Waals surface area (Å²) in [4.78, 5) is 45.4. The standard InChI is InChI=1S/C44H33N11O12S2/c1-21-26(20-45)41-46-27-5-3-4-6-31(27)55(41)42(61)38(21)51-48-24-8-9-25-23(15-24)17-35(69-67-66-64)39(40(25)60)52-49-29-19-33(65-2)30(18-32(29)54(13-11-36(56)57)14-12-37(58)59)50-53-44-47-28-10-7-22(43(62)63)16-34(28)68-44/h3-10,15-19,60-61,64H,11-14H2,1-2H3,(H,56,57)(H,58,59)(H,62,63). The second kappa shape index (κ2) is 20.1. The Morgan fingerprint density at radius 2 is 1.58 bits per heavy atom. The third-order valence-corrected chi connectivity index (χ3v) is 12.0. The number of nitriles is 1. The van der Waals surface area contributed by atoms with E-state index in [2.05, 4.69) is 51.8 Å². The number of phenols is 1. The summed E-state index contributed by atoms with van der Waals surface area (Å²) in [6.07, 6.45) is -0.817. The zero-order valence-corrected chi connectivity index (χ0v) is 37.3. The van der Waals surface area contributed by atoms with Crippen molar-refractivity contribution < 1.29 is 59.3 Å². The molecule has 23 nitrogen and oxygen atoms in total. The third-order valence-electron chi connectivity index (χ3n) is 10.4. The fraction of sp³-hybridized carbons (Fsp3) is 0.136. The Morgan fingerprint density at radius 3 is 2.29 bits per heavy atom. The van der Waals surface area contributed by atoms with Crippen LogP contribution in [-0.2, 0) is 19.0 Å². The number of hydrogen-bond acceptors (Lipinski definition) is 21. The number of carbonyl (C=O) groups is 3. The van der Waals surface area contributed by atoms with Crippen LogP contribution in [0.15, 0.2) is 114 Å². The van der Waals surface area contributed by atoms with Crippen molar-refractivity contribution in [1.29, 1.82) is 5.26 Å². The first-order valence-corrected chi connectivity index (χ1v) is 21.6. The topological polar surface area (TPSA) is 332 Å². The summed E-state index contributed by atoms with van der Waals surface area (Å²) < 4.78 is 12.3. The summed E-state index contributed by atoms with van der Waals surface area (Å²) in [5.41, 5.74) is 2.76. The summed E-state index contributed by atoms with van der Waals surface area (Å²) in [6.45, 7) is 1.24. The van der Waals surface area contributed by atoms with Crippen LogP contribution in [0.1, 0.15) is 34.3 Å². The van der Waals surface area contributed by atoms with Crippen molar-refractivity contribution in [1.82, 2.24) is 14.4 Å². The molecule has 8 aromatic rings.